The number of amides is 2. The zero-order valence-electron chi connectivity index (χ0n) is 17.3. The Bertz CT molecular complexity index is 1070. The van der Waals surface area contributed by atoms with Crippen molar-refractivity contribution in [3.05, 3.63) is 72.1 Å². The van der Waals surface area contributed by atoms with Crippen molar-refractivity contribution in [3.63, 3.8) is 0 Å². The van der Waals surface area contributed by atoms with Gasteiger partial charge < -0.3 is 10.2 Å². The van der Waals surface area contributed by atoms with E-state index in [0.717, 1.165) is 29.7 Å². The fourth-order valence-corrected chi connectivity index (χ4v) is 3.97. The molecule has 154 valence electrons. The van der Waals surface area contributed by atoms with E-state index in [0.29, 0.717) is 18.8 Å². The highest BCUT2D eigenvalue weighted by atomic mass is 16.2. The van der Waals surface area contributed by atoms with Crippen LogP contribution in [0.2, 0.25) is 0 Å². The lowest BCUT2D eigenvalue weighted by molar-refractivity contribution is -0.121. The van der Waals surface area contributed by atoms with Crippen LogP contribution in [0.25, 0.3) is 11.1 Å². The maximum absolute atomic E-state index is 12.9. The van der Waals surface area contributed by atoms with Crippen LogP contribution in [0.4, 0.5) is 5.69 Å². The van der Waals surface area contributed by atoms with E-state index in [-0.39, 0.29) is 17.7 Å². The highest BCUT2D eigenvalue weighted by Crippen LogP contribution is 2.25. The summed E-state index contributed by atoms with van der Waals surface area (Å²) in [6.45, 7) is 3.15. The number of aromatic nitrogens is 2. The topological polar surface area (TPSA) is 67.2 Å². The molecule has 3 aromatic rings. The van der Waals surface area contributed by atoms with E-state index < -0.39 is 0 Å². The number of aryl methyl sites for hydroxylation is 2. The minimum atomic E-state index is -0.224. The zero-order valence-corrected chi connectivity index (χ0v) is 17.3. The Labute approximate surface area is 176 Å². The smallest absolute Gasteiger partial charge is 0.272 e. The summed E-state index contributed by atoms with van der Waals surface area (Å²) in [5, 5.41) is 7.12. The average Bonchev–Trinajstić information content (AvgIpc) is 3.19. The molecule has 0 saturated carbocycles. The molecule has 6 nitrogen and oxygen atoms in total. The molecule has 1 aliphatic rings. The Kier molecular flexibility index (Phi) is 5.65. The van der Waals surface area contributed by atoms with E-state index in [1.54, 1.807) is 28.9 Å². The van der Waals surface area contributed by atoms with Crippen molar-refractivity contribution in [1.82, 2.24) is 14.7 Å². The lowest BCUT2D eigenvalue weighted by Gasteiger charge is -2.32. The molecule has 0 aliphatic carbocycles. The summed E-state index contributed by atoms with van der Waals surface area (Å²) in [5.41, 5.74) is 4.70. The van der Waals surface area contributed by atoms with Crippen molar-refractivity contribution < 1.29 is 9.59 Å². The van der Waals surface area contributed by atoms with Crippen LogP contribution >= 0.6 is 0 Å². The maximum atomic E-state index is 12.9. The molecule has 30 heavy (non-hydrogen) atoms. The van der Waals surface area contributed by atoms with Gasteiger partial charge in [-0.1, -0.05) is 42.0 Å². The van der Waals surface area contributed by atoms with E-state index in [9.17, 15) is 9.59 Å². The fraction of sp³-hybridized carbons (Fsp3) is 0.292. The van der Waals surface area contributed by atoms with Gasteiger partial charge in [-0.25, -0.2) is 0 Å². The minimum Gasteiger partial charge on any atom is -0.337 e. The number of hydrogen-bond acceptors (Lipinski definition) is 3. The van der Waals surface area contributed by atoms with Crippen molar-refractivity contribution in [2.45, 2.75) is 19.8 Å². The largest absolute Gasteiger partial charge is 0.337 e. The van der Waals surface area contributed by atoms with Crippen molar-refractivity contribution >= 4 is 17.5 Å². The first-order chi connectivity index (χ1) is 14.5. The summed E-state index contributed by atoms with van der Waals surface area (Å²) in [6, 6.07) is 17.9. The van der Waals surface area contributed by atoms with Crippen LogP contribution in [0.3, 0.4) is 0 Å². The van der Waals surface area contributed by atoms with Crippen LogP contribution in [-0.4, -0.2) is 39.6 Å². The van der Waals surface area contributed by atoms with E-state index >= 15 is 0 Å². The Morgan fingerprint density at radius 3 is 2.57 bits per heavy atom. The Morgan fingerprint density at radius 2 is 1.83 bits per heavy atom. The Morgan fingerprint density at radius 1 is 1.07 bits per heavy atom. The van der Waals surface area contributed by atoms with E-state index in [1.165, 1.54) is 5.56 Å². The number of nitrogens with one attached hydrogen (secondary N) is 1. The molecule has 2 aromatic carbocycles. The van der Waals surface area contributed by atoms with Gasteiger partial charge in [-0.2, -0.15) is 5.10 Å². The second-order valence-electron chi connectivity index (χ2n) is 7.87. The first-order valence-corrected chi connectivity index (χ1v) is 10.3. The molecular weight excluding hydrogens is 376 g/mol. The third-order valence-electron chi connectivity index (χ3n) is 5.60. The molecular formula is C24H26N4O2. The predicted octanol–water partition coefficient (Wildman–Crippen LogP) is 3.89. The average molecular weight is 402 g/mol. The second kappa shape index (κ2) is 8.53. The number of benzene rings is 2. The monoisotopic (exact) mass is 402 g/mol. The molecule has 1 N–H and O–H groups in total. The standard InChI is InChI=1S/C24H26N4O2/c1-17-6-3-7-18(14-17)19-8-4-10-21(15-19)26-23(29)20-9-5-13-28(16-20)24(30)22-11-12-25-27(22)2/h3-4,6-8,10-12,14-15,20H,5,9,13,16H2,1-2H3,(H,26,29)/t20-/m1/s1. The van der Waals surface area contributed by atoms with Crippen molar-refractivity contribution in [2.24, 2.45) is 13.0 Å². The maximum Gasteiger partial charge on any atom is 0.272 e. The quantitative estimate of drug-likeness (QED) is 0.720. The number of hydrogen-bond donors (Lipinski definition) is 1. The summed E-state index contributed by atoms with van der Waals surface area (Å²) in [7, 11) is 1.75. The van der Waals surface area contributed by atoms with Crippen molar-refractivity contribution in [1.29, 1.82) is 0 Å². The van der Waals surface area contributed by atoms with Crippen molar-refractivity contribution in [2.75, 3.05) is 18.4 Å². The first-order valence-electron chi connectivity index (χ1n) is 10.3. The summed E-state index contributed by atoms with van der Waals surface area (Å²) in [4.78, 5) is 27.5. The summed E-state index contributed by atoms with van der Waals surface area (Å²) >= 11 is 0. The molecule has 2 amide bonds. The molecule has 6 heteroatoms. The third-order valence-corrected chi connectivity index (χ3v) is 5.60. The molecule has 0 unspecified atom stereocenters. The van der Waals surface area contributed by atoms with Crippen LogP contribution in [0.15, 0.2) is 60.8 Å². The minimum absolute atomic E-state index is 0.0427. The number of carbonyl (C=O) groups excluding carboxylic acids is 2. The van der Waals surface area contributed by atoms with E-state index in [2.05, 4.69) is 35.5 Å². The molecule has 2 heterocycles. The SMILES string of the molecule is Cc1cccc(-c2cccc(NC(=O)[C@@H]3CCCN(C(=O)c4ccnn4C)C3)c2)c1. The van der Waals surface area contributed by atoms with Crippen LogP contribution in [-0.2, 0) is 11.8 Å². The van der Waals surface area contributed by atoms with Crippen LogP contribution in [0.1, 0.15) is 28.9 Å². The zero-order chi connectivity index (χ0) is 21.1. The van der Waals surface area contributed by atoms with Crippen LogP contribution in [0.5, 0.6) is 0 Å². The number of carbonyl (C=O) groups is 2. The molecule has 1 atom stereocenters. The van der Waals surface area contributed by atoms with Gasteiger partial charge in [0, 0.05) is 32.0 Å². The normalized spacial score (nSPS) is 16.3. The van der Waals surface area contributed by atoms with Gasteiger partial charge in [0.25, 0.3) is 5.91 Å². The third kappa shape index (κ3) is 4.27. The lowest BCUT2D eigenvalue weighted by atomic mass is 9.96. The van der Waals surface area contributed by atoms with Gasteiger partial charge in [-0.3, -0.25) is 14.3 Å². The van der Waals surface area contributed by atoms with Gasteiger partial charge in [0.1, 0.15) is 5.69 Å². The van der Waals surface area contributed by atoms with E-state index in [4.69, 9.17) is 0 Å². The van der Waals surface area contributed by atoms with Crippen LogP contribution in [0, 0.1) is 12.8 Å². The second-order valence-corrected chi connectivity index (χ2v) is 7.87. The molecule has 0 spiro atoms. The number of rotatable bonds is 4. The lowest BCUT2D eigenvalue weighted by Crippen LogP contribution is -2.44. The molecule has 0 radical (unpaired) electrons. The molecule has 0 bridgehead atoms. The summed E-state index contributed by atoms with van der Waals surface area (Å²) in [6.07, 6.45) is 3.20. The molecule has 1 aliphatic heterocycles. The highest BCUT2D eigenvalue weighted by molar-refractivity contribution is 5.95. The van der Waals surface area contributed by atoms with Gasteiger partial charge in [-0.05, 0) is 49.1 Å². The Hall–Kier alpha value is -3.41. The number of likely N-dealkylation sites (tertiary alicyclic amines) is 1. The van der Waals surface area contributed by atoms with Crippen molar-refractivity contribution in [3.8, 4) is 11.1 Å². The van der Waals surface area contributed by atoms with Gasteiger partial charge in [0.2, 0.25) is 5.91 Å². The van der Waals surface area contributed by atoms with Gasteiger partial charge in [0.15, 0.2) is 0 Å². The van der Waals surface area contributed by atoms with Gasteiger partial charge in [0.05, 0.1) is 5.92 Å². The van der Waals surface area contributed by atoms with E-state index in [1.807, 2.05) is 30.3 Å². The number of anilines is 1. The van der Waals surface area contributed by atoms with Crippen LogP contribution < -0.4 is 5.32 Å². The fourth-order valence-electron chi connectivity index (χ4n) is 3.97. The van der Waals surface area contributed by atoms with Gasteiger partial charge in [-0.15, -0.1) is 0 Å². The molecule has 1 fully saturated rings. The molecule has 1 aromatic heterocycles. The first kappa shape index (κ1) is 19.9. The number of piperidine rings is 1. The Balaban J connectivity index is 1.44. The van der Waals surface area contributed by atoms with Gasteiger partial charge >= 0.3 is 0 Å². The highest BCUT2D eigenvalue weighted by Gasteiger charge is 2.30. The molecule has 4 rings (SSSR count). The summed E-state index contributed by atoms with van der Waals surface area (Å²) < 4.78 is 1.57. The molecule has 1 saturated heterocycles. The summed E-state index contributed by atoms with van der Waals surface area (Å²) in [5.74, 6) is -0.341. The number of nitrogens with zero attached hydrogens (tertiary/aromatic N) is 3. The predicted molar refractivity (Wildman–Crippen MR) is 117 cm³/mol.